The largest absolute Gasteiger partial charge is 0.0984 e. The van der Waals surface area contributed by atoms with Gasteiger partial charge in [0.1, 0.15) is 0 Å². The van der Waals surface area contributed by atoms with E-state index in [-0.39, 0.29) is 20.3 Å². The van der Waals surface area contributed by atoms with Gasteiger partial charge in [-0.25, -0.2) is 0 Å². The van der Waals surface area contributed by atoms with Crippen molar-refractivity contribution in [3.63, 3.8) is 0 Å². The van der Waals surface area contributed by atoms with Gasteiger partial charge < -0.3 is 0 Å². The van der Waals surface area contributed by atoms with E-state index in [1.807, 2.05) is 18.2 Å². The molecule has 0 amide bonds. The highest BCUT2D eigenvalue weighted by Gasteiger charge is 2.21. The minimum absolute atomic E-state index is 0. The first-order valence-electron chi connectivity index (χ1n) is 6.13. The summed E-state index contributed by atoms with van der Waals surface area (Å²) in [6.07, 6.45) is 12.4. The van der Waals surface area contributed by atoms with Crippen molar-refractivity contribution < 1.29 is 0 Å². The zero-order valence-corrected chi connectivity index (χ0v) is 10.8. The van der Waals surface area contributed by atoms with Crippen LogP contribution in [0.1, 0.15) is 27.3 Å². The molecule has 20 heavy (non-hydrogen) atoms. The molecule has 0 aromatic heterocycles. The molecule has 0 heteroatoms. The summed E-state index contributed by atoms with van der Waals surface area (Å²) in [4.78, 5) is 0. The van der Waals surface area contributed by atoms with E-state index in [1.54, 1.807) is 0 Å². The summed E-state index contributed by atoms with van der Waals surface area (Å²) >= 11 is 0. The number of benzene rings is 1. The van der Waals surface area contributed by atoms with Gasteiger partial charge in [0.2, 0.25) is 0 Å². The Bertz CT molecular complexity index is 511. The molecule has 0 radical (unpaired) electrons. The first kappa shape index (κ1) is 17.9. The summed E-state index contributed by atoms with van der Waals surface area (Å²) in [7, 11) is 0. The quantitative estimate of drug-likeness (QED) is 0.628. The molecule has 1 aliphatic carbocycles. The summed E-state index contributed by atoms with van der Waals surface area (Å²) in [6.45, 7) is 9.92. The van der Waals surface area contributed by atoms with Crippen molar-refractivity contribution in [1.82, 2.24) is 0 Å². The van der Waals surface area contributed by atoms with Crippen LogP contribution in [0, 0.1) is 0 Å². The molecule has 0 fully saturated rings. The van der Waals surface area contributed by atoms with Gasteiger partial charge in [0.15, 0.2) is 0 Å². The average molecular weight is 266 g/mol. The van der Waals surface area contributed by atoms with Crippen molar-refractivity contribution in [3.8, 4) is 0 Å². The lowest BCUT2D eigenvalue weighted by atomic mass is 9.82. The lowest BCUT2D eigenvalue weighted by Gasteiger charge is -2.22. The second-order valence-electron chi connectivity index (χ2n) is 4.63. The van der Waals surface area contributed by atoms with E-state index in [0.29, 0.717) is 0 Å². The molecule has 1 aliphatic rings. The van der Waals surface area contributed by atoms with Gasteiger partial charge in [-0.2, -0.15) is 0 Å². The Kier molecular flexibility index (Phi) is 6.72. The normalized spacial score (nSPS) is 15.7. The van der Waals surface area contributed by atoms with Gasteiger partial charge >= 0.3 is 0 Å². The minimum atomic E-state index is -0.0831. The SMILES string of the molecule is C.C.C=CC1=C(C=C)C=CC(C)(c2ccccc2)C=C1. The van der Waals surface area contributed by atoms with Crippen LogP contribution in [0.2, 0.25) is 0 Å². The molecule has 0 unspecified atom stereocenters. The van der Waals surface area contributed by atoms with Crippen molar-refractivity contribution in [3.05, 3.63) is 96.7 Å². The molecule has 0 atom stereocenters. The van der Waals surface area contributed by atoms with Crippen LogP contribution in [0.25, 0.3) is 0 Å². The molecule has 0 saturated heterocycles. The molecule has 0 N–H and O–H groups in total. The Morgan fingerprint density at radius 1 is 0.850 bits per heavy atom. The van der Waals surface area contributed by atoms with Crippen LogP contribution in [0.5, 0.6) is 0 Å². The lowest BCUT2D eigenvalue weighted by molar-refractivity contribution is 0.758. The van der Waals surface area contributed by atoms with Crippen LogP contribution in [-0.4, -0.2) is 0 Å². The smallest absolute Gasteiger partial charge is 0.0290 e. The highest BCUT2D eigenvalue weighted by molar-refractivity contribution is 5.51. The van der Waals surface area contributed by atoms with E-state index in [0.717, 1.165) is 11.1 Å². The highest BCUT2D eigenvalue weighted by atomic mass is 14.2. The van der Waals surface area contributed by atoms with E-state index < -0.39 is 0 Å². The lowest BCUT2D eigenvalue weighted by Crippen LogP contribution is -2.14. The van der Waals surface area contributed by atoms with Gasteiger partial charge in [0.25, 0.3) is 0 Å². The Morgan fingerprint density at radius 3 is 1.70 bits per heavy atom. The van der Waals surface area contributed by atoms with Crippen LogP contribution in [0.15, 0.2) is 91.1 Å². The Hall–Kier alpha value is -2.08. The molecule has 0 aliphatic heterocycles. The van der Waals surface area contributed by atoms with E-state index >= 15 is 0 Å². The fourth-order valence-corrected chi connectivity index (χ4v) is 2.14. The molecule has 1 aromatic carbocycles. The molecule has 106 valence electrons. The monoisotopic (exact) mass is 266 g/mol. The Balaban J connectivity index is 0.00000180. The molecule has 0 saturated carbocycles. The molecule has 0 spiro atoms. The molecule has 2 rings (SSSR count). The van der Waals surface area contributed by atoms with E-state index in [9.17, 15) is 0 Å². The van der Waals surface area contributed by atoms with Gasteiger partial charge in [-0.3, -0.25) is 0 Å². The van der Waals surface area contributed by atoms with E-state index in [4.69, 9.17) is 0 Å². The van der Waals surface area contributed by atoms with Gasteiger partial charge in [-0.15, -0.1) is 0 Å². The maximum atomic E-state index is 3.85. The van der Waals surface area contributed by atoms with Crippen molar-refractivity contribution in [2.24, 2.45) is 0 Å². The first-order valence-corrected chi connectivity index (χ1v) is 6.13. The fraction of sp³-hybridized carbons (Fsp3) is 0.200. The molecule has 1 aromatic rings. The second-order valence-corrected chi connectivity index (χ2v) is 4.63. The number of rotatable bonds is 3. The number of allylic oxidation sites excluding steroid dienone is 8. The summed E-state index contributed by atoms with van der Waals surface area (Å²) in [6, 6.07) is 10.5. The number of hydrogen-bond donors (Lipinski definition) is 0. The van der Waals surface area contributed by atoms with Crippen LogP contribution >= 0.6 is 0 Å². The van der Waals surface area contributed by atoms with Gasteiger partial charge in [0, 0.05) is 5.41 Å². The molecular weight excluding hydrogens is 240 g/mol. The summed E-state index contributed by atoms with van der Waals surface area (Å²) in [5.74, 6) is 0. The van der Waals surface area contributed by atoms with Gasteiger partial charge in [0.05, 0.1) is 0 Å². The fourth-order valence-electron chi connectivity index (χ4n) is 2.14. The second kappa shape index (κ2) is 7.49. The van der Waals surface area contributed by atoms with Crippen molar-refractivity contribution in [2.75, 3.05) is 0 Å². The minimum Gasteiger partial charge on any atom is -0.0984 e. The third kappa shape index (κ3) is 3.48. The summed E-state index contributed by atoms with van der Waals surface area (Å²) < 4.78 is 0. The zero-order chi connectivity index (χ0) is 13.0. The van der Waals surface area contributed by atoms with Crippen LogP contribution in [0.4, 0.5) is 0 Å². The molecule has 0 bridgehead atoms. The van der Waals surface area contributed by atoms with Crippen LogP contribution < -0.4 is 0 Å². The third-order valence-electron chi connectivity index (χ3n) is 3.39. The zero-order valence-electron chi connectivity index (χ0n) is 10.8. The predicted octanol–water partition coefficient (Wildman–Crippen LogP) is 6.01. The maximum absolute atomic E-state index is 3.85. The van der Waals surface area contributed by atoms with Crippen molar-refractivity contribution in [1.29, 1.82) is 0 Å². The Morgan fingerprint density at radius 2 is 1.30 bits per heavy atom. The van der Waals surface area contributed by atoms with Crippen LogP contribution in [-0.2, 0) is 5.41 Å². The number of hydrogen-bond acceptors (Lipinski definition) is 0. The van der Waals surface area contributed by atoms with E-state index in [2.05, 4.69) is 68.7 Å². The molecular formula is C20H26. The van der Waals surface area contributed by atoms with Crippen LogP contribution in [0.3, 0.4) is 0 Å². The average Bonchev–Trinajstić information content (AvgIpc) is 2.59. The highest BCUT2D eigenvalue weighted by Crippen LogP contribution is 2.31. The topological polar surface area (TPSA) is 0 Å². The Labute approximate surface area is 124 Å². The van der Waals surface area contributed by atoms with Crippen molar-refractivity contribution >= 4 is 0 Å². The standard InChI is InChI=1S/C18H18.2CH4/c1-4-15-11-13-18(3,14-12-16(15)5-2)17-9-7-6-8-10-17;;/h4-14H,1-2H2,3H3;2*1H4. The predicted molar refractivity (Wildman–Crippen MR) is 93.0 cm³/mol. The summed E-state index contributed by atoms with van der Waals surface area (Å²) in [5, 5.41) is 0. The third-order valence-corrected chi connectivity index (χ3v) is 3.39. The first-order chi connectivity index (χ1) is 8.69. The van der Waals surface area contributed by atoms with Gasteiger partial charge in [-0.05, 0) is 23.6 Å². The maximum Gasteiger partial charge on any atom is 0.0290 e. The van der Waals surface area contributed by atoms with Gasteiger partial charge in [-0.1, -0.05) is 94.8 Å². The molecule has 0 nitrogen and oxygen atoms in total. The summed E-state index contributed by atoms with van der Waals surface area (Å²) in [5.41, 5.74) is 3.42. The van der Waals surface area contributed by atoms with E-state index in [1.165, 1.54) is 5.56 Å². The molecule has 0 heterocycles. The van der Waals surface area contributed by atoms with Crippen molar-refractivity contribution in [2.45, 2.75) is 27.2 Å².